The highest BCUT2D eigenvalue weighted by molar-refractivity contribution is 5.92. The van der Waals surface area contributed by atoms with Gasteiger partial charge in [0.25, 0.3) is 0 Å². The van der Waals surface area contributed by atoms with Gasteiger partial charge in [-0.05, 0) is 49.0 Å². The molecule has 1 amide bonds. The molecule has 7 heteroatoms. The molecule has 0 aliphatic carbocycles. The molecule has 0 heterocycles. The van der Waals surface area contributed by atoms with Gasteiger partial charge in [-0.25, -0.2) is 4.39 Å². The molecule has 0 aliphatic heterocycles. The van der Waals surface area contributed by atoms with Gasteiger partial charge in [0.05, 0.1) is 12.1 Å². The van der Waals surface area contributed by atoms with Crippen LogP contribution in [0.3, 0.4) is 0 Å². The zero-order valence-electron chi connectivity index (χ0n) is 12.9. The Morgan fingerprint density at radius 2 is 1.79 bits per heavy atom. The topological polar surface area (TPSA) is 32.3 Å². The smallest absolute Gasteiger partial charge is 0.325 e. The van der Waals surface area contributed by atoms with Crippen LogP contribution in [0.1, 0.15) is 11.1 Å². The van der Waals surface area contributed by atoms with Crippen LogP contribution in [0, 0.1) is 5.82 Å². The third-order valence-electron chi connectivity index (χ3n) is 3.25. The highest BCUT2D eigenvalue weighted by atomic mass is 19.4. The van der Waals surface area contributed by atoms with Gasteiger partial charge < -0.3 is 5.32 Å². The molecule has 0 atom stereocenters. The molecule has 2 aromatic carbocycles. The number of nitrogens with one attached hydrogen (secondary N) is 1. The van der Waals surface area contributed by atoms with Crippen molar-refractivity contribution in [3.63, 3.8) is 0 Å². The van der Waals surface area contributed by atoms with Crippen LogP contribution < -0.4 is 5.32 Å². The second-order valence-corrected chi connectivity index (χ2v) is 5.43. The van der Waals surface area contributed by atoms with Crippen LogP contribution in [-0.2, 0) is 17.5 Å². The molecular formula is C17H16F4N2O. The van der Waals surface area contributed by atoms with Crippen molar-refractivity contribution < 1.29 is 22.4 Å². The molecule has 0 bridgehead atoms. The minimum atomic E-state index is -4.41. The maximum atomic E-state index is 13.1. The maximum absolute atomic E-state index is 13.1. The summed E-state index contributed by atoms with van der Waals surface area (Å²) >= 11 is 0. The van der Waals surface area contributed by atoms with Crippen molar-refractivity contribution in [1.29, 1.82) is 0 Å². The van der Waals surface area contributed by atoms with E-state index in [2.05, 4.69) is 5.32 Å². The standard InChI is InChI=1S/C17H16F4N2O/c1-23(10-12-3-2-4-14(18)9-12)11-16(24)22-15-7-5-13(6-8-15)17(19,20)21/h2-9H,10-11H2,1H3,(H,22,24). The van der Waals surface area contributed by atoms with Crippen LogP contribution in [0.2, 0.25) is 0 Å². The number of halogens is 4. The van der Waals surface area contributed by atoms with E-state index in [1.54, 1.807) is 24.1 Å². The van der Waals surface area contributed by atoms with Crippen molar-refractivity contribution in [2.45, 2.75) is 12.7 Å². The van der Waals surface area contributed by atoms with Crippen LogP contribution in [0.4, 0.5) is 23.2 Å². The maximum Gasteiger partial charge on any atom is 0.416 e. The van der Waals surface area contributed by atoms with Gasteiger partial charge >= 0.3 is 6.18 Å². The Balaban J connectivity index is 1.88. The molecule has 0 unspecified atom stereocenters. The van der Waals surface area contributed by atoms with Crippen LogP contribution in [-0.4, -0.2) is 24.4 Å². The Bertz CT molecular complexity index is 698. The second kappa shape index (κ2) is 7.44. The number of likely N-dealkylation sites (N-methyl/N-ethyl adjacent to an activating group) is 1. The van der Waals surface area contributed by atoms with Crippen LogP contribution in [0.25, 0.3) is 0 Å². The number of nitrogens with zero attached hydrogens (tertiary/aromatic N) is 1. The number of hydrogen-bond acceptors (Lipinski definition) is 2. The molecule has 0 radical (unpaired) electrons. The van der Waals surface area contributed by atoms with Gasteiger partial charge in [0, 0.05) is 12.2 Å². The monoisotopic (exact) mass is 340 g/mol. The van der Waals surface area contributed by atoms with E-state index in [4.69, 9.17) is 0 Å². The van der Waals surface area contributed by atoms with Crippen molar-refractivity contribution in [2.24, 2.45) is 0 Å². The molecule has 2 aromatic rings. The molecule has 1 N–H and O–H groups in total. The average Bonchev–Trinajstić information content (AvgIpc) is 2.46. The first kappa shape index (κ1) is 17.9. The van der Waals surface area contributed by atoms with Gasteiger partial charge in [-0.15, -0.1) is 0 Å². The van der Waals surface area contributed by atoms with Gasteiger partial charge in [-0.2, -0.15) is 13.2 Å². The number of anilines is 1. The summed E-state index contributed by atoms with van der Waals surface area (Å²) in [7, 11) is 1.69. The summed E-state index contributed by atoms with van der Waals surface area (Å²) in [6.45, 7) is 0.399. The lowest BCUT2D eigenvalue weighted by Crippen LogP contribution is -2.29. The summed E-state index contributed by atoms with van der Waals surface area (Å²) in [5, 5.41) is 2.53. The molecule has 0 saturated carbocycles. The van der Waals surface area contributed by atoms with Crippen LogP contribution in [0.5, 0.6) is 0 Å². The molecular weight excluding hydrogens is 324 g/mol. The van der Waals surface area contributed by atoms with E-state index in [-0.39, 0.29) is 24.0 Å². The highest BCUT2D eigenvalue weighted by Crippen LogP contribution is 2.29. The van der Waals surface area contributed by atoms with E-state index in [1.165, 1.54) is 24.3 Å². The zero-order valence-corrected chi connectivity index (χ0v) is 12.9. The van der Waals surface area contributed by atoms with Crippen LogP contribution in [0.15, 0.2) is 48.5 Å². The fourth-order valence-electron chi connectivity index (χ4n) is 2.19. The van der Waals surface area contributed by atoms with E-state index < -0.39 is 11.7 Å². The van der Waals surface area contributed by atoms with E-state index in [9.17, 15) is 22.4 Å². The first-order valence-electron chi connectivity index (χ1n) is 7.14. The lowest BCUT2D eigenvalue weighted by atomic mass is 10.2. The Labute approximate surface area is 136 Å². The van der Waals surface area contributed by atoms with Gasteiger partial charge in [-0.3, -0.25) is 9.69 Å². The number of rotatable bonds is 5. The summed E-state index contributed by atoms with van der Waals surface area (Å²) in [5.74, 6) is -0.719. The molecule has 0 aromatic heterocycles. The molecule has 2 rings (SSSR count). The lowest BCUT2D eigenvalue weighted by Gasteiger charge is -2.16. The van der Waals surface area contributed by atoms with Crippen molar-refractivity contribution in [3.05, 3.63) is 65.5 Å². The quantitative estimate of drug-likeness (QED) is 0.837. The normalized spacial score (nSPS) is 11.6. The Morgan fingerprint density at radius 1 is 1.12 bits per heavy atom. The molecule has 0 spiro atoms. The average molecular weight is 340 g/mol. The highest BCUT2D eigenvalue weighted by Gasteiger charge is 2.29. The number of carbonyl (C=O) groups excluding carboxylic acids is 1. The van der Waals surface area contributed by atoms with E-state index in [0.29, 0.717) is 6.54 Å². The van der Waals surface area contributed by atoms with Gasteiger partial charge in [-0.1, -0.05) is 12.1 Å². The number of alkyl halides is 3. The predicted octanol–water partition coefficient (Wildman–Crippen LogP) is 3.92. The third-order valence-corrected chi connectivity index (χ3v) is 3.25. The van der Waals surface area contributed by atoms with Gasteiger partial charge in [0.15, 0.2) is 0 Å². The number of amides is 1. The predicted molar refractivity (Wildman–Crippen MR) is 82.8 cm³/mol. The fourth-order valence-corrected chi connectivity index (χ4v) is 2.19. The molecule has 0 aliphatic rings. The van der Waals surface area contributed by atoms with Crippen LogP contribution >= 0.6 is 0 Å². The summed E-state index contributed by atoms with van der Waals surface area (Å²) in [6.07, 6.45) is -4.41. The minimum Gasteiger partial charge on any atom is -0.325 e. The summed E-state index contributed by atoms with van der Waals surface area (Å²) in [4.78, 5) is 13.6. The first-order valence-corrected chi connectivity index (χ1v) is 7.14. The van der Waals surface area contributed by atoms with E-state index >= 15 is 0 Å². The summed E-state index contributed by atoms with van der Waals surface area (Å²) < 4.78 is 50.5. The summed E-state index contributed by atoms with van der Waals surface area (Å²) in [6, 6.07) is 10.3. The van der Waals surface area contributed by atoms with E-state index in [1.807, 2.05) is 0 Å². The summed E-state index contributed by atoms with van der Waals surface area (Å²) in [5.41, 5.74) is 0.232. The third kappa shape index (κ3) is 5.34. The molecule has 0 saturated heterocycles. The zero-order chi connectivity index (χ0) is 17.7. The second-order valence-electron chi connectivity index (χ2n) is 5.43. The van der Waals surface area contributed by atoms with Crippen molar-refractivity contribution in [1.82, 2.24) is 4.90 Å². The van der Waals surface area contributed by atoms with Gasteiger partial charge in [0.2, 0.25) is 5.91 Å². The Kier molecular flexibility index (Phi) is 5.56. The number of benzene rings is 2. The SMILES string of the molecule is CN(CC(=O)Nc1ccc(C(F)(F)F)cc1)Cc1cccc(F)c1. The lowest BCUT2D eigenvalue weighted by molar-refractivity contribution is -0.137. The van der Waals surface area contributed by atoms with Gasteiger partial charge in [0.1, 0.15) is 5.82 Å². The number of hydrogen-bond donors (Lipinski definition) is 1. The molecule has 0 fully saturated rings. The van der Waals surface area contributed by atoms with Crippen molar-refractivity contribution in [2.75, 3.05) is 18.9 Å². The fraction of sp³-hybridized carbons (Fsp3) is 0.235. The van der Waals surface area contributed by atoms with E-state index in [0.717, 1.165) is 17.7 Å². The van der Waals surface area contributed by atoms with Crippen molar-refractivity contribution >= 4 is 11.6 Å². The minimum absolute atomic E-state index is 0.0253. The Morgan fingerprint density at radius 3 is 2.38 bits per heavy atom. The van der Waals surface area contributed by atoms with Crippen molar-refractivity contribution in [3.8, 4) is 0 Å². The molecule has 3 nitrogen and oxygen atoms in total. The Hall–Kier alpha value is -2.41. The first-order chi connectivity index (χ1) is 11.2. The number of carbonyl (C=O) groups is 1. The molecule has 24 heavy (non-hydrogen) atoms. The largest absolute Gasteiger partial charge is 0.416 e. The molecule has 128 valence electrons.